The molecule has 2 rings (SSSR count). The molecule has 0 radical (unpaired) electrons. The topological polar surface area (TPSA) is 29.3 Å². The monoisotopic (exact) mass is 330 g/mol. The predicted molar refractivity (Wildman–Crippen MR) is 83.2 cm³/mol. The van der Waals surface area contributed by atoms with E-state index in [-0.39, 0.29) is 11.6 Å². The molecule has 1 aromatic rings. The molecule has 2 unspecified atom stereocenters. The van der Waals surface area contributed by atoms with Crippen LogP contribution in [0.3, 0.4) is 0 Å². The summed E-state index contributed by atoms with van der Waals surface area (Å²) >= 11 is 5.41. The molecule has 1 aliphatic heterocycles. The number of rotatable bonds is 5. The van der Waals surface area contributed by atoms with Crippen molar-refractivity contribution in [3.05, 3.63) is 20.8 Å². The molecule has 0 aliphatic carbocycles. The average Bonchev–Trinajstić information content (AvgIpc) is 3.01. The van der Waals surface area contributed by atoms with Gasteiger partial charge in [-0.15, -0.1) is 11.3 Å². The minimum atomic E-state index is 0.139. The van der Waals surface area contributed by atoms with Crippen LogP contribution in [-0.4, -0.2) is 29.6 Å². The molecular weight excluding hydrogens is 308 g/mol. The van der Waals surface area contributed by atoms with E-state index in [0.29, 0.717) is 0 Å². The molecule has 1 saturated heterocycles. The second-order valence-corrected chi connectivity index (χ2v) is 7.26. The number of halogens is 1. The minimum absolute atomic E-state index is 0.139. The van der Waals surface area contributed by atoms with Gasteiger partial charge in [0.2, 0.25) is 0 Å². The maximum absolute atomic E-state index is 6.55. The summed E-state index contributed by atoms with van der Waals surface area (Å²) in [6.45, 7) is 7.03. The number of likely N-dealkylation sites (tertiary alicyclic amines) is 1. The van der Waals surface area contributed by atoms with Gasteiger partial charge >= 0.3 is 0 Å². The lowest BCUT2D eigenvalue weighted by Gasteiger charge is -2.43. The molecule has 18 heavy (non-hydrogen) atoms. The zero-order chi connectivity index (χ0) is 13.2. The first-order valence-electron chi connectivity index (χ1n) is 6.80. The Labute approximate surface area is 123 Å². The molecule has 0 spiro atoms. The highest BCUT2D eigenvalue weighted by Crippen LogP contribution is 2.31. The van der Waals surface area contributed by atoms with E-state index in [9.17, 15) is 0 Å². The fraction of sp³-hybridized carbons (Fsp3) is 0.714. The standard InChI is InChI=1S/C14H23BrN2S/c1-3-14(2,17-7-4-5-8-17)13(16)10-12-11(15)6-9-18-12/h6,9,13H,3-5,7-8,10,16H2,1-2H3. The Balaban J connectivity index is 2.09. The Hall–Kier alpha value is 0.1000. The molecule has 2 atom stereocenters. The van der Waals surface area contributed by atoms with Gasteiger partial charge in [-0.05, 0) is 73.1 Å². The van der Waals surface area contributed by atoms with E-state index in [1.165, 1.54) is 35.3 Å². The lowest BCUT2D eigenvalue weighted by atomic mass is 9.86. The summed E-state index contributed by atoms with van der Waals surface area (Å²) in [6, 6.07) is 2.32. The number of nitrogens with zero attached hydrogens (tertiary/aromatic N) is 1. The molecule has 0 aromatic carbocycles. The molecule has 0 amide bonds. The van der Waals surface area contributed by atoms with Crippen molar-refractivity contribution >= 4 is 27.3 Å². The van der Waals surface area contributed by atoms with Gasteiger partial charge in [-0.2, -0.15) is 0 Å². The molecule has 1 fully saturated rings. The molecule has 1 aromatic heterocycles. The van der Waals surface area contributed by atoms with Gasteiger partial charge in [0.1, 0.15) is 0 Å². The average molecular weight is 331 g/mol. The highest BCUT2D eigenvalue weighted by atomic mass is 79.9. The van der Waals surface area contributed by atoms with Crippen molar-refractivity contribution in [3.63, 3.8) is 0 Å². The molecule has 4 heteroatoms. The molecular formula is C14H23BrN2S. The van der Waals surface area contributed by atoms with Crippen LogP contribution in [0.2, 0.25) is 0 Å². The molecule has 0 bridgehead atoms. The molecule has 102 valence electrons. The van der Waals surface area contributed by atoms with Crippen LogP contribution in [0.15, 0.2) is 15.9 Å². The van der Waals surface area contributed by atoms with Crippen LogP contribution in [0.5, 0.6) is 0 Å². The Morgan fingerprint density at radius 3 is 2.67 bits per heavy atom. The van der Waals surface area contributed by atoms with E-state index in [4.69, 9.17) is 5.73 Å². The van der Waals surface area contributed by atoms with Crippen molar-refractivity contribution in [2.24, 2.45) is 5.73 Å². The van der Waals surface area contributed by atoms with Crippen LogP contribution in [0, 0.1) is 0 Å². The van der Waals surface area contributed by atoms with E-state index < -0.39 is 0 Å². The maximum atomic E-state index is 6.55. The van der Waals surface area contributed by atoms with E-state index in [2.05, 4.69) is 46.1 Å². The Morgan fingerprint density at radius 2 is 2.17 bits per heavy atom. The van der Waals surface area contributed by atoms with E-state index >= 15 is 0 Å². The fourth-order valence-corrected chi connectivity index (χ4v) is 4.41. The predicted octanol–water partition coefficient (Wildman–Crippen LogP) is 3.64. The molecule has 2 heterocycles. The summed E-state index contributed by atoms with van der Waals surface area (Å²) in [4.78, 5) is 3.97. The van der Waals surface area contributed by atoms with Gasteiger partial charge in [0.25, 0.3) is 0 Å². The first kappa shape index (κ1) is 14.5. The van der Waals surface area contributed by atoms with Crippen LogP contribution >= 0.6 is 27.3 Å². The summed E-state index contributed by atoms with van der Waals surface area (Å²) < 4.78 is 1.21. The maximum Gasteiger partial charge on any atom is 0.0333 e. The third-order valence-corrected chi connectivity index (χ3v) is 6.39. The second kappa shape index (κ2) is 6.04. The van der Waals surface area contributed by atoms with Gasteiger partial charge in [0.15, 0.2) is 0 Å². The first-order valence-corrected chi connectivity index (χ1v) is 8.47. The fourth-order valence-electron chi connectivity index (χ4n) is 2.84. The van der Waals surface area contributed by atoms with Gasteiger partial charge in [-0.3, -0.25) is 4.90 Å². The van der Waals surface area contributed by atoms with Crippen LogP contribution in [0.25, 0.3) is 0 Å². The van der Waals surface area contributed by atoms with Crippen LogP contribution < -0.4 is 5.73 Å². The van der Waals surface area contributed by atoms with Gasteiger partial charge in [-0.1, -0.05) is 6.92 Å². The summed E-state index contributed by atoms with van der Waals surface area (Å²) in [7, 11) is 0. The SMILES string of the molecule is CCC(C)(C(N)Cc1sccc1Br)N1CCCC1. The Kier molecular flexibility index (Phi) is 4.86. The lowest BCUT2D eigenvalue weighted by Crippen LogP contribution is -2.57. The molecule has 2 nitrogen and oxygen atoms in total. The van der Waals surface area contributed by atoms with E-state index in [0.717, 1.165) is 12.8 Å². The van der Waals surface area contributed by atoms with Crippen molar-refractivity contribution in [1.82, 2.24) is 4.90 Å². The zero-order valence-corrected chi connectivity index (χ0v) is 13.7. The van der Waals surface area contributed by atoms with Crippen molar-refractivity contribution in [3.8, 4) is 0 Å². The van der Waals surface area contributed by atoms with Crippen molar-refractivity contribution in [2.75, 3.05) is 13.1 Å². The summed E-state index contributed by atoms with van der Waals surface area (Å²) in [5.41, 5.74) is 6.69. The smallest absolute Gasteiger partial charge is 0.0333 e. The third kappa shape index (κ3) is 2.82. The lowest BCUT2D eigenvalue weighted by molar-refractivity contribution is 0.100. The molecule has 0 saturated carbocycles. The number of thiophene rings is 1. The van der Waals surface area contributed by atoms with E-state index in [1.807, 2.05) is 0 Å². The Morgan fingerprint density at radius 1 is 1.50 bits per heavy atom. The van der Waals surface area contributed by atoms with Crippen LogP contribution in [0.1, 0.15) is 38.0 Å². The quantitative estimate of drug-likeness (QED) is 0.892. The summed E-state index contributed by atoms with van der Waals surface area (Å²) in [5.74, 6) is 0. The second-order valence-electron chi connectivity index (χ2n) is 5.41. The van der Waals surface area contributed by atoms with Crippen LogP contribution in [0.4, 0.5) is 0 Å². The van der Waals surface area contributed by atoms with Crippen LogP contribution in [-0.2, 0) is 6.42 Å². The van der Waals surface area contributed by atoms with Gasteiger partial charge < -0.3 is 5.73 Å². The molecule has 1 aliphatic rings. The van der Waals surface area contributed by atoms with Gasteiger partial charge in [0, 0.05) is 20.9 Å². The zero-order valence-electron chi connectivity index (χ0n) is 11.3. The number of hydrogen-bond acceptors (Lipinski definition) is 3. The summed E-state index contributed by atoms with van der Waals surface area (Å²) in [6.07, 6.45) is 4.74. The normalized spacial score (nSPS) is 22.0. The largest absolute Gasteiger partial charge is 0.326 e. The minimum Gasteiger partial charge on any atom is -0.326 e. The first-order chi connectivity index (χ1) is 8.58. The van der Waals surface area contributed by atoms with Crippen molar-refractivity contribution in [2.45, 2.75) is 51.1 Å². The number of nitrogens with two attached hydrogens (primary N) is 1. The summed E-state index contributed by atoms with van der Waals surface area (Å²) in [5, 5.41) is 2.13. The Bertz CT molecular complexity index is 387. The van der Waals surface area contributed by atoms with Crippen molar-refractivity contribution in [1.29, 1.82) is 0 Å². The van der Waals surface area contributed by atoms with Gasteiger partial charge in [0.05, 0.1) is 0 Å². The van der Waals surface area contributed by atoms with E-state index in [1.54, 1.807) is 11.3 Å². The van der Waals surface area contributed by atoms with Crippen molar-refractivity contribution < 1.29 is 0 Å². The highest BCUT2D eigenvalue weighted by Gasteiger charge is 2.37. The molecule has 2 N–H and O–H groups in total. The number of hydrogen-bond donors (Lipinski definition) is 1. The highest BCUT2D eigenvalue weighted by molar-refractivity contribution is 9.10. The third-order valence-electron chi connectivity index (χ3n) is 4.44. The van der Waals surface area contributed by atoms with Gasteiger partial charge in [-0.25, -0.2) is 0 Å².